The zero-order chi connectivity index (χ0) is 21.9. The van der Waals surface area contributed by atoms with Crippen molar-refractivity contribution >= 4 is 51.8 Å². The van der Waals surface area contributed by atoms with Crippen LogP contribution in [-0.2, 0) is 18.9 Å². The number of fused-ring (bicyclic) bond motifs is 4. The minimum absolute atomic E-state index is 0.144. The van der Waals surface area contributed by atoms with Crippen molar-refractivity contribution in [3.63, 3.8) is 0 Å². The average Bonchev–Trinajstić information content (AvgIpc) is 3.32. The van der Waals surface area contributed by atoms with Gasteiger partial charge in [0.15, 0.2) is 0 Å². The van der Waals surface area contributed by atoms with Crippen molar-refractivity contribution < 1.29 is 9.59 Å². The van der Waals surface area contributed by atoms with Gasteiger partial charge in [0.25, 0.3) is 0 Å². The molecule has 0 radical (unpaired) electrons. The van der Waals surface area contributed by atoms with E-state index in [2.05, 4.69) is 10.3 Å². The first-order valence-corrected chi connectivity index (χ1v) is 10.1. The molecule has 0 aliphatic carbocycles. The molecule has 1 aromatic heterocycles. The van der Waals surface area contributed by atoms with Crippen LogP contribution in [0.4, 0.5) is 16.2 Å². The molecule has 2 aliphatic rings. The molecule has 158 valence electrons. The Labute approximate surface area is 182 Å². The number of anilines is 2. The van der Waals surface area contributed by atoms with Gasteiger partial charge < -0.3 is 5.32 Å². The summed E-state index contributed by atoms with van der Waals surface area (Å²) >= 11 is 6.16. The minimum Gasteiger partial charge on any atom is -0.324 e. The van der Waals surface area contributed by atoms with E-state index in [9.17, 15) is 14.4 Å². The number of carbonyl (C=O) groups excluding carboxylic acids is 2. The normalized spacial score (nSPS) is 15.2. The molecule has 2 aromatic carbocycles. The first-order valence-electron chi connectivity index (χ1n) is 9.74. The van der Waals surface area contributed by atoms with E-state index in [-0.39, 0.29) is 24.2 Å². The molecule has 9 nitrogen and oxygen atoms in total. The first kappa shape index (κ1) is 19.4. The number of halogens is 1. The highest BCUT2D eigenvalue weighted by Gasteiger charge is 2.38. The number of urea groups is 1. The molecule has 0 saturated heterocycles. The number of imidazole rings is 1. The number of nitrogens with one attached hydrogen (secondary N) is 1. The number of aliphatic imine (C=N–C) groups is 1. The number of nitrogens with zero attached hydrogens (tertiary/aromatic N) is 5. The van der Waals surface area contributed by atoms with Crippen molar-refractivity contribution in [2.45, 2.75) is 0 Å². The summed E-state index contributed by atoms with van der Waals surface area (Å²) < 4.78 is 3.06. The van der Waals surface area contributed by atoms with Crippen LogP contribution < -0.4 is 15.9 Å². The van der Waals surface area contributed by atoms with Gasteiger partial charge >= 0.3 is 11.7 Å². The lowest BCUT2D eigenvalue weighted by atomic mass is 10.1. The number of hydrogen-bond acceptors (Lipinski definition) is 4. The fourth-order valence-electron chi connectivity index (χ4n) is 4.11. The van der Waals surface area contributed by atoms with Crippen LogP contribution in [0.25, 0.3) is 11.0 Å². The smallest absolute Gasteiger partial charge is 0.324 e. The van der Waals surface area contributed by atoms with Gasteiger partial charge in [0.05, 0.1) is 23.3 Å². The number of aromatic nitrogens is 2. The summed E-state index contributed by atoms with van der Waals surface area (Å²) in [5.41, 5.74) is 3.20. The van der Waals surface area contributed by atoms with E-state index in [1.807, 2.05) is 6.07 Å². The maximum Gasteiger partial charge on any atom is 0.330 e. The van der Waals surface area contributed by atoms with Crippen LogP contribution >= 0.6 is 11.6 Å². The molecule has 0 spiro atoms. The van der Waals surface area contributed by atoms with Gasteiger partial charge in [-0.15, -0.1) is 0 Å². The van der Waals surface area contributed by atoms with Crippen molar-refractivity contribution in [1.82, 2.24) is 14.0 Å². The summed E-state index contributed by atoms with van der Waals surface area (Å²) in [7, 11) is 3.38. The van der Waals surface area contributed by atoms with Crippen LogP contribution in [0.2, 0.25) is 5.02 Å². The Kier molecular flexibility index (Phi) is 4.37. The topological polar surface area (TPSA) is 91.9 Å². The molecule has 0 atom stereocenters. The molecular formula is C21H19ClN6O3. The summed E-state index contributed by atoms with van der Waals surface area (Å²) in [5.74, 6) is 0.253. The maximum absolute atomic E-state index is 13.0. The fourth-order valence-corrected chi connectivity index (χ4v) is 4.28. The number of hydrogen-bond donors (Lipinski definition) is 1. The third-order valence-electron chi connectivity index (χ3n) is 5.65. The van der Waals surface area contributed by atoms with Gasteiger partial charge in [-0.1, -0.05) is 11.6 Å². The highest BCUT2D eigenvalue weighted by molar-refractivity contribution is 6.32. The van der Waals surface area contributed by atoms with Crippen molar-refractivity contribution in [2.75, 3.05) is 29.9 Å². The van der Waals surface area contributed by atoms with Crippen LogP contribution in [0.15, 0.2) is 46.2 Å². The van der Waals surface area contributed by atoms with Gasteiger partial charge in [0.2, 0.25) is 5.91 Å². The highest BCUT2D eigenvalue weighted by Crippen LogP contribution is 2.33. The molecule has 10 heteroatoms. The second-order valence-electron chi connectivity index (χ2n) is 7.54. The minimum atomic E-state index is -0.362. The molecular weight excluding hydrogens is 420 g/mol. The van der Waals surface area contributed by atoms with Gasteiger partial charge in [-0.3, -0.25) is 28.7 Å². The predicted octanol–water partition coefficient (Wildman–Crippen LogP) is 2.17. The lowest BCUT2D eigenvalue weighted by Crippen LogP contribution is -2.52. The van der Waals surface area contributed by atoms with Gasteiger partial charge in [-0.25, -0.2) is 9.59 Å². The largest absolute Gasteiger partial charge is 0.330 e. The number of aryl methyl sites for hydroxylation is 2. The zero-order valence-corrected chi connectivity index (χ0v) is 17.7. The van der Waals surface area contributed by atoms with E-state index < -0.39 is 0 Å². The lowest BCUT2D eigenvalue weighted by Gasteiger charge is -2.35. The van der Waals surface area contributed by atoms with E-state index in [0.717, 1.165) is 11.1 Å². The molecule has 0 saturated carbocycles. The zero-order valence-electron chi connectivity index (χ0n) is 16.9. The Morgan fingerprint density at radius 1 is 1.10 bits per heavy atom. The molecule has 3 heterocycles. The molecule has 1 N–H and O–H groups in total. The van der Waals surface area contributed by atoms with Crippen LogP contribution in [0, 0.1) is 0 Å². The molecule has 2 aliphatic heterocycles. The molecule has 0 fully saturated rings. The number of benzene rings is 2. The van der Waals surface area contributed by atoms with E-state index in [1.165, 1.54) is 9.47 Å². The molecule has 0 unspecified atom stereocenters. The Morgan fingerprint density at radius 3 is 2.68 bits per heavy atom. The van der Waals surface area contributed by atoms with Crippen molar-refractivity contribution in [3.8, 4) is 0 Å². The highest BCUT2D eigenvalue weighted by atomic mass is 35.5. The van der Waals surface area contributed by atoms with E-state index >= 15 is 0 Å². The third kappa shape index (κ3) is 3.00. The summed E-state index contributed by atoms with van der Waals surface area (Å²) in [6, 6.07) is 10.2. The monoisotopic (exact) mass is 438 g/mol. The number of rotatable bonds is 3. The Balaban J connectivity index is 1.44. The van der Waals surface area contributed by atoms with Gasteiger partial charge in [-0.2, -0.15) is 0 Å². The molecule has 3 aromatic rings. The molecule has 31 heavy (non-hydrogen) atoms. The van der Waals surface area contributed by atoms with Crippen LogP contribution in [0.5, 0.6) is 0 Å². The van der Waals surface area contributed by atoms with Crippen molar-refractivity contribution in [3.05, 3.63) is 57.5 Å². The summed E-state index contributed by atoms with van der Waals surface area (Å²) in [6.45, 7) is 0.827. The van der Waals surface area contributed by atoms with Crippen molar-refractivity contribution in [2.24, 2.45) is 19.1 Å². The average molecular weight is 439 g/mol. The van der Waals surface area contributed by atoms with E-state index in [4.69, 9.17) is 11.6 Å². The van der Waals surface area contributed by atoms with Crippen LogP contribution in [0.1, 0.15) is 5.56 Å². The predicted molar refractivity (Wildman–Crippen MR) is 119 cm³/mol. The maximum atomic E-state index is 13.0. The molecule has 3 amide bonds. The van der Waals surface area contributed by atoms with Crippen molar-refractivity contribution in [1.29, 1.82) is 0 Å². The Bertz CT molecular complexity index is 1360. The van der Waals surface area contributed by atoms with Gasteiger partial charge in [0.1, 0.15) is 12.4 Å². The lowest BCUT2D eigenvalue weighted by molar-refractivity contribution is -0.114. The molecule has 0 bridgehead atoms. The summed E-state index contributed by atoms with van der Waals surface area (Å²) in [5, 5.41) is 3.30. The van der Waals surface area contributed by atoms with Crippen LogP contribution in [-0.4, -0.2) is 51.4 Å². The third-order valence-corrected chi connectivity index (χ3v) is 5.89. The standard InChI is InChI=1S/C21H19ClN6O3/c1-25-15-6-4-13(10-17(15)26(2)20(25)30)24-18(29)11-28-16-9-12(22)3-5-14(16)19-23-7-8-27(19)21(28)31/h3-6,9-10H,7-8,11H2,1-2H3,(H,24,29). The second-order valence-corrected chi connectivity index (χ2v) is 7.98. The van der Waals surface area contributed by atoms with Gasteiger partial charge in [-0.05, 0) is 36.4 Å². The second kappa shape index (κ2) is 6.98. The van der Waals surface area contributed by atoms with Crippen LogP contribution in [0.3, 0.4) is 0 Å². The first-order chi connectivity index (χ1) is 14.8. The summed E-state index contributed by atoms with van der Waals surface area (Å²) in [6.07, 6.45) is 0. The van der Waals surface area contributed by atoms with E-state index in [1.54, 1.807) is 53.9 Å². The Hall–Kier alpha value is -3.59. The quantitative estimate of drug-likeness (QED) is 0.679. The SMILES string of the molecule is Cn1c(=O)n(C)c2cc(NC(=O)CN3C(=O)N4CCN=C4c4ccc(Cl)cc43)ccc21. The van der Waals surface area contributed by atoms with Gasteiger partial charge in [0, 0.05) is 36.9 Å². The number of carbonyl (C=O) groups is 2. The summed E-state index contributed by atoms with van der Waals surface area (Å²) in [4.78, 5) is 45.4. The number of amides is 3. The number of amidine groups is 1. The van der Waals surface area contributed by atoms with E-state index in [0.29, 0.717) is 40.8 Å². The molecule has 5 rings (SSSR count). The fraction of sp³-hybridized carbons (Fsp3) is 0.238. The Morgan fingerprint density at radius 2 is 1.87 bits per heavy atom.